The molecule has 1 atom stereocenters. The minimum Gasteiger partial charge on any atom is -0.497 e. The number of ether oxygens (including phenoxy) is 1. The highest BCUT2D eigenvalue weighted by molar-refractivity contribution is 8.00. The van der Waals surface area contributed by atoms with E-state index in [4.69, 9.17) is 4.74 Å². The summed E-state index contributed by atoms with van der Waals surface area (Å²) in [5.41, 5.74) is 2.83. The highest BCUT2D eigenvalue weighted by Crippen LogP contribution is 2.30. The minimum atomic E-state index is -0.356. The van der Waals surface area contributed by atoms with Crippen molar-refractivity contribution in [3.8, 4) is 22.8 Å². The summed E-state index contributed by atoms with van der Waals surface area (Å²) in [6.45, 7) is 2.31. The first kappa shape index (κ1) is 21.6. The Morgan fingerprint density at radius 1 is 1.03 bits per heavy atom. The number of aromatic nitrogens is 4. The number of hydrogen-bond donors (Lipinski definition) is 1. The van der Waals surface area contributed by atoms with E-state index in [1.54, 1.807) is 19.5 Å². The van der Waals surface area contributed by atoms with Crippen LogP contribution in [0.4, 0.5) is 0 Å². The van der Waals surface area contributed by atoms with Crippen LogP contribution >= 0.6 is 11.8 Å². The van der Waals surface area contributed by atoms with Gasteiger partial charge in [-0.05, 0) is 48.9 Å². The average Bonchev–Trinajstić information content (AvgIpc) is 3.27. The molecule has 1 amide bonds. The lowest BCUT2D eigenvalue weighted by Crippen LogP contribution is -2.30. The van der Waals surface area contributed by atoms with Gasteiger partial charge in [-0.15, -0.1) is 10.2 Å². The number of methoxy groups -OCH3 is 1. The highest BCUT2D eigenvalue weighted by atomic mass is 32.2. The SMILES string of the molecule is COc1ccc(CNC(=O)[C@H](C)Sc2nnc(-c3ccncc3)n2-c2ccccc2)cc1. The van der Waals surface area contributed by atoms with Crippen LogP contribution in [0.3, 0.4) is 0 Å². The van der Waals surface area contributed by atoms with Crippen molar-refractivity contribution in [2.45, 2.75) is 23.9 Å². The number of benzene rings is 2. The van der Waals surface area contributed by atoms with Crippen LogP contribution in [0.1, 0.15) is 12.5 Å². The van der Waals surface area contributed by atoms with Gasteiger partial charge in [0.2, 0.25) is 5.91 Å². The van der Waals surface area contributed by atoms with Crippen molar-refractivity contribution in [2.75, 3.05) is 7.11 Å². The van der Waals surface area contributed by atoms with E-state index in [1.165, 1.54) is 11.8 Å². The lowest BCUT2D eigenvalue weighted by molar-refractivity contribution is -0.120. The van der Waals surface area contributed by atoms with Gasteiger partial charge in [0.05, 0.1) is 12.4 Å². The fourth-order valence-electron chi connectivity index (χ4n) is 3.13. The summed E-state index contributed by atoms with van der Waals surface area (Å²) < 4.78 is 7.14. The molecule has 1 N–H and O–H groups in total. The van der Waals surface area contributed by atoms with Gasteiger partial charge >= 0.3 is 0 Å². The molecule has 162 valence electrons. The molecule has 4 aromatic rings. The molecule has 8 heteroatoms. The minimum absolute atomic E-state index is 0.0705. The molecule has 7 nitrogen and oxygen atoms in total. The first-order valence-corrected chi connectivity index (χ1v) is 11.0. The molecule has 0 unspecified atom stereocenters. The van der Waals surface area contributed by atoms with Gasteiger partial charge in [-0.25, -0.2) is 0 Å². The Labute approximate surface area is 190 Å². The van der Waals surface area contributed by atoms with E-state index in [9.17, 15) is 4.79 Å². The van der Waals surface area contributed by atoms with Crippen LogP contribution in [-0.4, -0.2) is 38.0 Å². The molecule has 0 bridgehead atoms. The first-order valence-electron chi connectivity index (χ1n) is 10.1. The normalized spacial score (nSPS) is 11.7. The predicted molar refractivity (Wildman–Crippen MR) is 125 cm³/mol. The van der Waals surface area contributed by atoms with Crippen LogP contribution in [0.15, 0.2) is 84.3 Å². The molecule has 2 heterocycles. The maximum Gasteiger partial charge on any atom is 0.233 e. The van der Waals surface area contributed by atoms with Crippen LogP contribution in [0, 0.1) is 0 Å². The summed E-state index contributed by atoms with van der Waals surface area (Å²) in [5.74, 6) is 1.42. The van der Waals surface area contributed by atoms with Gasteiger partial charge in [-0.3, -0.25) is 14.3 Å². The number of carbonyl (C=O) groups is 1. The van der Waals surface area contributed by atoms with Gasteiger partial charge in [0.1, 0.15) is 5.75 Å². The van der Waals surface area contributed by atoms with Crippen LogP contribution in [0.2, 0.25) is 0 Å². The number of pyridine rings is 1. The van der Waals surface area contributed by atoms with Gasteiger partial charge in [-0.2, -0.15) is 0 Å². The number of para-hydroxylation sites is 1. The van der Waals surface area contributed by atoms with Crippen molar-refractivity contribution < 1.29 is 9.53 Å². The van der Waals surface area contributed by atoms with Crippen molar-refractivity contribution in [3.05, 3.63) is 84.7 Å². The zero-order chi connectivity index (χ0) is 22.3. The second kappa shape index (κ2) is 10.1. The number of rotatable bonds is 8. The summed E-state index contributed by atoms with van der Waals surface area (Å²) >= 11 is 1.37. The summed E-state index contributed by atoms with van der Waals surface area (Å²) in [4.78, 5) is 16.8. The summed E-state index contributed by atoms with van der Waals surface area (Å²) in [5, 5.41) is 12.1. The maximum atomic E-state index is 12.7. The third kappa shape index (κ3) is 4.97. The standard InChI is InChI=1S/C24H23N5O2S/c1-17(23(30)26-16-18-8-10-21(31-2)11-9-18)32-24-28-27-22(19-12-14-25-15-13-19)29(24)20-6-4-3-5-7-20/h3-15,17H,16H2,1-2H3,(H,26,30)/t17-/m0/s1. The van der Waals surface area contributed by atoms with Gasteiger partial charge < -0.3 is 10.1 Å². The van der Waals surface area contributed by atoms with Crippen LogP contribution in [0.25, 0.3) is 17.1 Å². The van der Waals surface area contributed by atoms with Crippen molar-refractivity contribution in [1.82, 2.24) is 25.1 Å². The second-order valence-electron chi connectivity index (χ2n) is 7.04. The molecule has 32 heavy (non-hydrogen) atoms. The molecule has 0 fully saturated rings. The lowest BCUT2D eigenvalue weighted by Gasteiger charge is -2.14. The van der Waals surface area contributed by atoms with Gasteiger partial charge in [0.25, 0.3) is 0 Å². The molecule has 0 spiro atoms. The fraction of sp³-hybridized carbons (Fsp3) is 0.167. The Morgan fingerprint density at radius 2 is 1.75 bits per heavy atom. The summed E-state index contributed by atoms with van der Waals surface area (Å²) in [7, 11) is 1.63. The van der Waals surface area contributed by atoms with E-state index in [-0.39, 0.29) is 11.2 Å². The number of hydrogen-bond acceptors (Lipinski definition) is 6. The zero-order valence-electron chi connectivity index (χ0n) is 17.8. The lowest BCUT2D eigenvalue weighted by atomic mass is 10.2. The van der Waals surface area contributed by atoms with Crippen molar-refractivity contribution in [3.63, 3.8) is 0 Å². The number of amides is 1. The van der Waals surface area contributed by atoms with Crippen molar-refractivity contribution in [1.29, 1.82) is 0 Å². The third-order valence-electron chi connectivity index (χ3n) is 4.86. The molecule has 0 saturated carbocycles. The van der Waals surface area contributed by atoms with Crippen LogP contribution < -0.4 is 10.1 Å². The fourth-order valence-corrected chi connectivity index (χ4v) is 4.02. The largest absolute Gasteiger partial charge is 0.497 e. The van der Waals surface area contributed by atoms with E-state index in [1.807, 2.05) is 78.2 Å². The molecule has 0 aliphatic heterocycles. The molecule has 2 aromatic carbocycles. The monoisotopic (exact) mass is 445 g/mol. The van der Waals surface area contributed by atoms with E-state index in [0.717, 1.165) is 22.6 Å². The zero-order valence-corrected chi connectivity index (χ0v) is 18.6. The average molecular weight is 446 g/mol. The molecular formula is C24H23N5O2S. The predicted octanol–water partition coefficient (Wildman–Crippen LogP) is 4.13. The maximum absolute atomic E-state index is 12.7. The van der Waals surface area contributed by atoms with Crippen LogP contribution in [-0.2, 0) is 11.3 Å². The Kier molecular flexibility index (Phi) is 6.81. The number of thioether (sulfide) groups is 1. The quantitative estimate of drug-likeness (QED) is 0.411. The van der Waals surface area contributed by atoms with E-state index >= 15 is 0 Å². The molecule has 0 aliphatic rings. The van der Waals surface area contributed by atoms with Gasteiger partial charge in [-0.1, -0.05) is 42.1 Å². The molecule has 4 rings (SSSR count). The summed E-state index contributed by atoms with van der Waals surface area (Å²) in [6, 6.07) is 21.3. The molecular weight excluding hydrogens is 422 g/mol. The number of nitrogens with zero attached hydrogens (tertiary/aromatic N) is 4. The Morgan fingerprint density at radius 3 is 2.44 bits per heavy atom. The Balaban J connectivity index is 1.51. The molecule has 0 saturated heterocycles. The topological polar surface area (TPSA) is 81.9 Å². The second-order valence-corrected chi connectivity index (χ2v) is 8.35. The number of nitrogens with one attached hydrogen (secondary N) is 1. The van der Waals surface area contributed by atoms with Crippen molar-refractivity contribution >= 4 is 17.7 Å². The van der Waals surface area contributed by atoms with E-state index in [0.29, 0.717) is 17.5 Å². The highest BCUT2D eigenvalue weighted by Gasteiger charge is 2.21. The molecule has 0 aliphatic carbocycles. The molecule has 2 aromatic heterocycles. The van der Waals surface area contributed by atoms with Gasteiger partial charge in [0.15, 0.2) is 11.0 Å². The first-order chi connectivity index (χ1) is 15.7. The van der Waals surface area contributed by atoms with Crippen LogP contribution in [0.5, 0.6) is 5.75 Å². The van der Waals surface area contributed by atoms with E-state index in [2.05, 4.69) is 20.5 Å². The summed E-state index contributed by atoms with van der Waals surface area (Å²) in [6.07, 6.45) is 3.45. The Hall–Kier alpha value is -3.65. The van der Waals surface area contributed by atoms with E-state index < -0.39 is 0 Å². The van der Waals surface area contributed by atoms with Gasteiger partial charge in [0, 0.05) is 30.2 Å². The number of carbonyl (C=O) groups excluding carboxylic acids is 1. The Bertz CT molecular complexity index is 1160. The third-order valence-corrected chi connectivity index (χ3v) is 5.91. The van der Waals surface area contributed by atoms with Crippen molar-refractivity contribution in [2.24, 2.45) is 0 Å². The smallest absolute Gasteiger partial charge is 0.233 e. The molecule has 0 radical (unpaired) electrons.